The van der Waals surface area contributed by atoms with E-state index in [1.807, 2.05) is 4.68 Å². The molecular weight excluding hydrogens is 224 g/mol. The first-order chi connectivity index (χ1) is 8.70. The van der Waals surface area contributed by atoms with Crippen LogP contribution in [-0.4, -0.2) is 19.7 Å². The number of benzene rings is 1. The molecule has 0 aliphatic rings. The zero-order chi connectivity index (χ0) is 12.7. The van der Waals surface area contributed by atoms with Gasteiger partial charge in [0.05, 0.1) is 0 Å². The SMILES string of the molecule is CCn1ncnc1-c1ccc2[nH]c(C)c(C)c2c1. The van der Waals surface area contributed by atoms with Crippen molar-refractivity contribution < 1.29 is 0 Å². The molecule has 0 aliphatic carbocycles. The number of rotatable bonds is 2. The molecule has 18 heavy (non-hydrogen) atoms. The summed E-state index contributed by atoms with van der Waals surface area (Å²) < 4.78 is 1.91. The third kappa shape index (κ3) is 1.53. The highest BCUT2D eigenvalue weighted by Crippen LogP contribution is 2.26. The second-order valence-electron chi connectivity index (χ2n) is 4.53. The first-order valence-corrected chi connectivity index (χ1v) is 6.17. The van der Waals surface area contributed by atoms with Crippen LogP contribution < -0.4 is 0 Å². The largest absolute Gasteiger partial charge is 0.358 e. The van der Waals surface area contributed by atoms with E-state index in [1.54, 1.807) is 6.33 Å². The smallest absolute Gasteiger partial charge is 0.158 e. The summed E-state index contributed by atoms with van der Waals surface area (Å²) in [6.07, 6.45) is 1.61. The second-order valence-corrected chi connectivity index (χ2v) is 4.53. The fourth-order valence-electron chi connectivity index (χ4n) is 2.32. The monoisotopic (exact) mass is 240 g/mol. The first-order valence-electron chi connectivity index (χ1n) is 6.17. The molecule has 4 heteroatoms. The maximum absolute atomic E-state index is 4.34. The van der Waals surface area contributed by atoms with E-state index in [2.05, 4.69) is 54.0 Å². The topological polar surface area (TPSA) is 46.5 Å². The van der Waals surface area contributed by atoms with Crippen molar-refractivity contribution in [2.24, 2.45) is 0 Å². The Hall–Kier alpha value is -2.10. The number of fused-ring (bicyclic) bond motifs is 1. The predicted molar refractivity (Wildman–Crippen MR) is 72.5 cm³/mol. The van der Waals surface area contributed by atoms with E-state index < -0.39 is 0 Å². The van der Waals surface area contributed by atoms with E-state index in [0.717, 1.165) is 17.9 Å². The van der Waals surface area contributed by atoms with Gasteiger partial charge in [-0.05, 0) is 44.5 Å². The summed E-state index contributed by atoms with van der Waals surface area (Å²) in [7, 11) is 0. The van der Waals surface area contributed by atoms with Crippen LogP contribution in [0.4, 0.5) is 0 Å². The number of aromatic amines is 1. The van der Waals surface area contributed by atoms with E-state index in [4.69, 9.17) is 0 Å². The van der Waals surface area contributed by atoms with Gasteiger partial charge in [0.25, 0.3) is 0 Å². The molecule has 2 heterocycles. The van der Waals surface area contributed by atoms with Gasteiger partial charge >= 0.3 is 0 Å². The van der Waals surface area contributed by atoms with Gasteiger partial charge in [-0.2, -0.15) is 5.10 Å². The summed E-state index contributed by atoms with van der Waals surface area (Å²) in [5, 5.41) is 5.48. The van der Waals surface area contributed by atoms with Gasteiger partial charge in [-0.15, -0.1) is 0 Å². The van der Waals surface area contributed by atoms with Crippen molar-refractivity contribution >= 4 is 10.9 Å². The Labute approximate surface area is 106 Å². The van der Waals surface area contributed by atoms with Crippen molar-refractivity contribution in [2.75, 3.05) is 0 Å². The molecule has 4 nitrogen and oxygen atoms in total. The number of hydrogen-bond acceptors (Lipinski definition) is 2. The van der Waals surface area contributed by atoms with E-state index >= 15 is 0 Å². The Morgan fingerprint density at radius 3 is 2.89 bits per heavy atom. The minimum atomic E-state index is 0.832. The van der Waals surface area contributed by atoms with Crippen LogP contribution in [0.15, 0.2) is 24.5 Å². The molecule has 0 aliphatic heterocycles. The molecule has 0 amide bonds. The van der Waals surface area contributed by atoms with Crippen LogP contribution in [0, 0.1) is 13.8 Å². The van der Waals surface area contributed by atoms with Gasteiger partial charge in [-0.3, -0.25) is 0 Å². The number of aromatic nitrogens is 4. The first kappa shape index (κ1) is 11.0. The van der Waals surface area contributed by atoms with Crippen LogP contribution >= 0.6 is 0 Å². The Bertz CT molecular complexity index is 706. The van der Waals surface area contributed by atoms with Crippen LogP contribution in [0.3, 0.4) is 0 Å². The quantitative estimate of drug-likeness (QED) is 0.748. The van der Waals surface area contributed by atoms with E-state index in [1.165, 1.54) is 22.2 Å². The lowest BCUT2D eigenvalue weighted by atomic mass is 10.1. The Morgan fingerprint density at radius 1 is 1.28 bits per heavy atom. The summed E-state index contributed by atoms with van der Waals surface area (Å²) in [6.45, 7) is 7.15. The van der Waals surface area contributed by atoms with Gasteiger partial charge in [0.1, 0.15) is 6.33 Å². The fourth-order valence-corrected chi connectivity index (χ4v) is 2.32. The van der Waals surface area contributed by atoms with Crippen molar-refractivity contribution in [1.82, 2.24) is 19.7 Å². The molecule has 0 atom stereocenters. The number of nitrogens with zero attached hydrogens (tertiary/aromatic N) is 3. The summed E-state index contributed by atoms with van der Waals surface area (Å²) in [5.41, 5.74) is 4.81. The lowest BCUT2D eigenvalue weighted by Crippen LogP contribution is -1.99. The molecule has 0 saturated heterocycles. The number of hydrogen-bond donors (Lipinski definition) is 1. The van der Waals surface area contributed by atoms with E-state index in [-0.39, 0.29) is 0 Å². The molecule has 0 spiro atoms. The molecule has 92 valence electrons. The van der Waals surface area contributed by atoms with Crippen molar-refractivity contribution in [2.45, 2.75) is 27.3 Å². The van der Waals surface area contributed by atoms with Crippen LogP contribution in [0.25, 0.3) is 22.3 Å². The standard InChI is InChI=1S/C14H16N4/c1-4-18-14(15-8-16-18)11-5-6-13-12(7-11)9(2)10(3)17-13/h5-8,17H,4H2,1-3H3. The molecule has 2 aromatic heterocycles. The number of H-pyrrole nitrogens is 1. The van der Waals surface area contributed by atoms with Crippen LogP contribution in [0.5, 0.6) is 0 Å². The van der Waals surface area contributed by atoms with Gasteiger partial charge in [-0.25, -0.2) is 9.67 Å². The highest BCUT2D eigenvalue weighted by Gasteiger charge is 2.09. The maximum Gasteiger partial charge on any atom is 0.158 e. The molecule has 3 rings (SSSR count). The number of nitrogens with one attached hydrogen (secondary N) is 1. The van der Waals surface area contributed by atoms with Crippen LogP contribution in [0.1, 0.15) is 18.2 Å². The van der Waals surface area contributed by atoms with Gasteiger partial charge in [0, 0.05) is 28.7 Å². The Balaban J connectivity index is 2.22. The Kier molecular flexibility index (Phi) is 2.44. The van der Waals surface area contributed by atoms with Crippen LogP contribution in [0.2, 0.25) is 0 Å². The molecule has 1 N–H and O–H groups in total. The number of aryl methyl sites for hydroxylation is 3. The van der Waals surface area contributed by atoms with Crippen molar-refractivity contribution in [3.63, 3.8) is 0 Å². The molecule has 3 aromatic rings. The highest BCUT2D eigenvalue weighted by molar-refractivity contribution is 5.88. The van der Waals surface area contributed by atoms with Crippen molar-refractivity contribution in [3.8, 4) is 11.4 Å². The van der Waals surface area contributed by atoms with Gasteiger partial charge in [0.15, 0.2) is 5.82 Å². The molecule has 0 bridgehead atoms. The van der Waals surface area contributed by atoms with Crippen molar-refractivity contribution in [1.29, 1.82) is 0 Å². The van der Waals surface area contributed by atoms with Gasteiger partial charge in [-0.1, -0.05) is 0 Å². The minimum Gasteiger partial charge on any atom is -0.358 e. The lowest BCUT2D eigenvalue weighted by Gasteiger charge is -2.03. The molecule has 0 fully saturated rings. The average molecular weight is 240 g/mol. The second kappa shape index (κ2) is 3.98. The van der Waals surface area contributed by atoms with Crippen LogP contribution in [-0.2, 0) is 6.54 Å². The van der Waals surface area contributed by atoms with E-state index in [9.17, 15) is 0 Å². The lowest BCUT2D eigenvalue weighted by molar-refractivity contribution is 0.666. The summed E-state index contributed by atoms with van der Waals surface area (Å²) >= 11 is 0. The summed E-state index contributed by atoms with van der Waals surface area (Å²) in [6, 6.07) is 6.39. The molecule has 0 unspecified atom stereocenters. The zero-order valence-corrected chi connectivity index (χ0v) is 10.9. The molecular formula is C14H16N4. The zero-order valence-electron chi connectivity index (χ0n) is 10.9. The fraction of sp³-hybridized carbons (Fsp3) is 0.286. The Morgan fingerprint density at radius 2 is 2.11 bits per heavy atom. The van der Waals surface area contributed by atoms with Gasteiger partial charge < -0.3 is 4.98 Å². The maximum atomic E-state index is 4.34. The predicted octanol–water partition coefficient (Wildman–Crippen LogP) is 3.06. The normalized spacial score (nSPS) is 11.3. The molecule has 0 radical (unpaired) electrons. The summed E-state index contributed by atoms with van der Waals surface area (Å²) in [5.74, 6) is 0.928. The van der Waals surface area contributed by atoms with E-state index in [0.29, 0.717) is 0 Å². The average Bonchev–Trinajstić information content (AvgIpc) is 2.95. The highest BCUT2D eigenvalue weighted by atomic mass is 15.3. The summed E-state index contributed by atoms with van der Waals surface area (Å²) in [4.78, 5) is 7.73. The molecule has 1 aromatic carbocycles. The van der Waals surface area contributed by atoms with Gasteiger partial charge in [0.2, 0.25) is 0 Å². The molecule has 0 saturated carbocycles. The third-order valence-corrected chi connectivity index (χ3v) is 3.48. The third-order valence-electron chi connectivity index (χ3n) is 3.48. The minimum absolute atomic E-state index is 0.832. The van der Waals surface area contributed by atoms with Crippen molar-refractivity contribution in [3.05, 3.63) is 35.8 Å².